The summed E-state index contributed by atoms with van der Waals surface area (Å²) in [6.45, 7) is 17.2. The molecular formula is C62H97N9O14. The maximum Gasteiger partial charge on any atom is 0.410 e. The number of methoxy groups -OCH3 is 2. The topological polar surface area (TPSA) is 292 Å². The summed E-state index contributed by atoms with van der Waals surface area (Å²) >= 11 is 0. The van der Waals surface area contributed by atoms with Gasteiger partial charge >= 0.3 is 6.09 Å². The maximum absolute atomic E-state index is 14.3. The summed E-state index contributed by atoms with van der Waals surface area (Å²) < 4.78 is 17.5. The number of anilines is 1. The van der Waals surface area contributed by atoms with Crippen LogP contribution in [-0.4, -0.2) is 181 Å². The molecule has 0 aliphatic carbocycles. The maximum atomic E-state index is 14.3. The Hall–Kier alpha value is -6.98. The van der Waals surface area contributed by atoms with Gasteiger partial charge in [0, 0.05) is 66.9 Å². The Morgan fingerprint density at radius 1 is 0.729 bits per heavy atom. The Labute approximate surface area is 502 Å². The van der Waals surface area contributed by atoms with Crippen LogP contribution in [0.5, 0.6) is 0 Å². The van der Waals surface area contributed by atoms with Crippen molar-refractivity contribution in [1.29, 1.82) is 0 Å². The van der Waals surface area contributed by atoms with Crippen LogP contribution in [0.25, 0.3) is 0 Å². The number of aliphatic hydroxyl groups excluding tert-OH is 1. The first-order valence-corrected chi connectivity index (χ1v) is 29.8. The van der Waals surface area contributed by atoms with E-state index in [0.717, 1.165) is 4.90 Å². The van der Waals surface area contributed by atoms with E-state index >= 15 is 0 Å². The first kappa shape index (κ1) is 72.3. The van der Waals surface area contributed by atoms with Crippen molar-refractivity contribution in [3.8, 4) is 0 Å². The second-order valence-electron chi connectivity index (χ2n) is 22.9. The van der Waals surface area contributed by atoms with Gasteiger partial charge < -0.3 is 55.7 Å². The molecule has 23 heteroatoms. The SMILES string of the molecule is CCC(=O)N(CCCCCC(=O)NC(C(=O)NCC(=O)Nc1ccc(COC(=O)N(C)C(C(=O)NCC(=O)N(C)[C@@H]([C@@H](C)CC)[C@@H](CC(=O)N2CCC[C@H]2[C@H](OC)[C@@H](C)C(=O)N[C@H](C)[C@@H](O)c2ccccc2)OC)C(C)C)cc1)C(C)C)C(C)=O. The number of nitrogens with one attached hydrogen (secondary N) is 5. The smallest absolute Gasteiger partial charge is 0.410 e. The van der Waals surface area contributed by atoms with Gasteiger partial charge in [0.15, 0.2) is 0 Å². The summed E-state index contributed by atoms with van der Waals surface area (Å²) in [5.41, 5.74) is 1.64. The summed E-state index contributed by atoms with van der Waals surface area (Å²) in [5, 5.41) is 24.5. The number of imide groups is 1. The number of aliphatic hydroxyl groups is 1. The first-order chi connectivity index (χ1) is 40.2. The number of hydrogen-bond donors (Lipinski definition) is 6. The van der Waals surface area contributed by atoms with E-state index in [0.29, 0.717) is 61.9 Å². The number of likely N-dealkylation sites (tertiary alicyclic amines) is 1. The first-order valence-electron chi connectivity index (χ1n) is 29.8. The Morgan fingerprint density at radius 3 is 1.95 bits per heavy atom. The highest BCUT2D eigenvalue weighted by molar-refractivity contribution is 5.96. The minimum Gasteiger partial charge on any atom is -0.445 e. The van der Waals surface area contributed by atoms with Crippen molar-refractivity contribution in [3.63, 3.8) is 0 Å². The average molecular weight is 1190 g/mol. The molecule has 1 fully saturated rings. The molecule has 474 valence electrons. The number of carbonyl (C=O) groups is 10. The number of carbonyl (C=O) groups excluding carboxylic acids is 10. The fourth-order valence-corrected chi connectivity index (χ4v) is 10.7. The van der Waals surface area contributed by atoms with E-state index < -0.39 is 96.6 Å². The highest BCUT2D eigenvalue weighted by Gasteiger charge is 2.43. The van der Waals surface area contributed by atoms with Crippen molar-refractivity contribution < 1.29 is 67.3 Å². The molecule has 85 heavy (non-hydrogen) atoms. The second-order valence-corrected chi connectivity index (χ2v) is 22.9. The highest BCUT2D eigenvalue weighted by atomic mass is 16.6. The lowest BCUT2D eigenvalue weighted by Crippen LogP contribution is -2.56. The van der Waals surface area contributed by atoms with Gasteiger partial charge in [0.1, 0.15) is 18.7 Å². The summed E-state index contributed by atoms with van der Waals surface area (Å²) in [4.78, 5) is 137. The van der Waals surface area contributed by atoms with E-state index in [1.54, 1.807) is 96.8 Å². The molecule has 1 aliphatic heterocycles. The minimum absolute atomic E-state index is 0.0714. The Kier molecular flexibility index (Phi) is 30.7. The van der Waals surface area contributed by atoms with Crippen molar-refractivity contribution in [1.82, 2.24) is 40.9 Å². The fraction of sp³-hybridized carbons (Fsp3) is 0.645. The number of rotatable bonds is 34. The Balaban J connectivity index is 1.52. The van der Waals surface area contributed by atoms with E-state index in [4.69, 9.17) is 14.2 Å². The number of hydrogen-bond acceptors (Lipinski definition) is 14. The number of nitrogens with zero attached hydrogens (tertiary/aromatic N) is 4. The van der Waals surface area contributed by atoms with Gasteiger partial charge in [-0.3, -0.25) is 53.0 Å². The van der Waals surface area contributed by atoms with Gasteiger partial charge in [-0.05, 0) is 73.6 Å². The molecule has 10 atom stereocenters. The van der Waals surface area contributed by atoms with Crippen LogP contribution in [0.4, 0.5) is 10.5 Å². The molecule has 0 bridgehead atoms. The number of amides is 10. The monoisotopic (exact) mass is 1190 g/mol. The molecule has 2 aromatic carbocycles. The van der Waals surface area contributed by atoms with Gasteiger partial charge in [0.25, 0.3) is 0 Å². The number of likely N-dealkylation sites (N-methyl/N-ethyl adjacent to an activating group) is 2. The van der Waals surface area contributed by atoms with E-state index in [-0.39, 0.29) is 80.3 Å². The molecule has 3 rings (SSSR count). The third-order valence-corrected chi connectivity index (χ3v) is 15.9. The molecule has 6 N–H and O–H groups in total. The van der Waals surface area contributed by atoms with Crippen LogP contribution < -0.4 is 26.6 Å². The average Bonchev–Trinajstić information content (AvgIpc) is 4.23. The summed E-state index contributed by atoms with van der Waals surface area (Å²) in [5.74, 6) is -5.02. The van der Waals surface area contributed by atoms with Gasteiger partial charge in [0.05, 0.1) is 61.9 Å². The Morgan fingerprint density at radius 2 is 1.38 bits per heavy atom. The third kappa shape index (κ3) is 22.1. The summed E-state index contributed by atoms with van der Waals surface area (Å²) in [6.07, 6.45) is 0.758. The highest BCUT2D eigenvalue weighted by Crippen LogP contribution is 2.30. The standard InChI is InChI=1S/C62H97N9O14/c1-15-40(7)56(48(83-13)34-52(76)71-33-23-26-47(71)58(84-14)41(8)59(79)65-42(9)57(78)45-24-19-17-20-25-45)68(11)53(77)36-64-61(81)55(39(5)6)69(12)62(82)85-37-44-28-30-46(31-29-44)66-50(74)35-63-60(80)54(38(3)4)67-49(73)27-21-18-22-32-70(43(10)72)51(75)16-2/h17,19-20,24-25,28-31,38-42,47-48,54-58,78H,15-16,18,21-23,26-27,32-37H2,1-14H3,(H,63,80)(H,64,81)(H,65,79)(H,66,74)(H,67,73)/t40-,41+,42+,47-,48+,54?,55?,56-,57+,58+/m0/s1. The molecule has 10 amide bonds. The fourth-order valence-electron chi connectivity index (χ4n) is 10.7. The van der Waals surface area contributed by atoms with Crippen LogP contribution in [0, 0.1) is 23.7 Å². The van der Waals surface area contributed by atoms with E-state index in [1.807, 2.05) is 32.0 Å². The molecule has 2 unspecified atom stereocenters. The molecule has 1 heterocycles. The molecule has 2 aromatic rings. The van der Waals surface area contributed by atoms with Crippen molar-refractivity contribution in [2.45, 2.75) is 182 Å². The normalized spacial score (nSPS) is 16.3. The van der Waals surface area contributed by atoms with Crippen LogP contribution in [0.3, 0.4) is 0 Å². The lowest BCUT2D eigenvalue weighted by atomic mass is 9.90. The van der Waals surface area contributed by atoms with E-state index in [9.17, 15) is 53.1 Å². The zero-order chi connectivity index (χ0) is 63.7. The van der Waals surface area contributed by atoms with Crippen molar-refractivity contribution >= 4 is 64.9 Å². The predicted octanol–water partition coefficient (Wildman–Crippen LogP) is 5.10. The van der Waals surface area contributed by atoms with Crippen molar-refractivity contribution in [2.75, 3.05) is 59.8 Å². The molecule has 0 spiro atoms. The number of benzene rings is 2. The molecule has 0 aromatic heterocycles. The quantitative estimate of drug-likeness (QED) is 0.0498. The molecule has 0 saturated carbocycles. The van der Waals surface area contributed by atoms with Crippen LogP contribution >= 0.6 is 0 Å². The summed E-state index contributed by atoms with van der Waals surface area (Å²) in [7, 11) is 6.04. The van der Waals surface area contributed by atoms with Crippen molar-refractivity contribution in [2.24, 2.45) is 23.7 Å². The van der Waals surface area contributed by atoms with Crippen LogP contribution in [0.1, 0.15) is 144 Å². The van der Waals surface area contributed by atoms with Gasteiger partial charge in [0.2, 0.25) is 53.2 Å². The Bertz CT molecular complexity index is 2520. The van der Waals surface area contributed by atoms with Gasteiger partial charge in [-0.25, -0.2) is 4.79 Å². The van der Waals surface area contributed by atoms with E-state index in [1.165, 1.54) is 38.0 Å². The minimum atomic E-state index is -1.03. The predicted molar refractivity (Wildman–Crippen MR) is 321 cm³/mol. The van der Waals surface area contributed by atoms with Gasteiger partial charge in [-0.2, -0.15) is 0 Å². The molecule has 1 saturated heterocycles. The van der Waals surface area contributed by atoms with Crippen LogP contribution in [0.2, 0.25) is 0 Å². The van der Waals surface area contributed by atoms with Crippen LogP contribution in [-0.2, 0) is 64.0 Å². The van der Waals surface area contributed by atoms with E-state index in [2.05, 4.69) is 26.6 Å². The largest absolute Gasteiger partial charge is 0.445 e. The molecule has 0 radical (unpaired) electrons. The number of unbranched alkanes of at least 4 members (excludes halogenated alkanes) is 2. The third-order valence-electron chi connectivity index (χ3n) is 15.9. The lowest BCUT2D eigenvalue weighted by molar-refractivity contribution is -0.146. The van der Waals surface area contributed by atoms with Gasteiger partial charge in [-0.15, -0.1) is 0 Å². The lowest BCUT2D eigenvalue weighted by Gasteiger charge is -2.39. The molecular weight excluding hydrogens is 1090 g/mol. The number of ether oxygens (including phenoxy) is 3. The zero-order valence-electron chi connectivity index (χ0n) is 52.6. The molecule has 23 nitrogen and oxygen atoms in total. The van der Waals surface area contributed by atoms with Crippen LogP contribution in [0.15, 0.2) is 54.6 Å². The second kappa shape index (κ2) is 36.1. The summed E-state index contributed by atoms with van der Waals surface area (Å²) in [6, 6.07) is 12.0. The van der Waals surface area contributed by atoms with Gasteiger partial charge in [-0.1, -0.05) is 111 Å². The molecule has 1 aliphatic rings. The van der Waals surface area contributed by atoms with Crippen molar-refractivity contribution in [3.05, 3.63) is 65.7 Å². The zero-order valence-corrected chi connectivity index (χ0v) is 52.6.